The summed E-state index contributed by atoms with van der Waals surface area (Å²) in [5.74, 6) is 2.21. The van der Waals surface area contributed by atoms with Crippen molar-refractivity contribution in [2.45, 2.75) is 32.8 Å². The van der Waals surface area contributed by atoms with Gasteiger partial charge in [-0.05, 0) is 25.5 Å². The summed E-state index contributed by atoms with van der Waals surface area (Å²) in [7, 11) is 3.39. The number of hydrogen-bond acceptors (Lipinski definition) is 4. The maximum absolute atomic E-state index is 5.91. The SMILES string of the molecule is CCCCOCCNC(=NC)NCC(C)Oc1ccccc1OC. The first kappa shape index (κ1) is 20.1. The summed E-state index contributed by atoms with van der Waals surface area (Å²) in [4.78, 5) is 4.19. The van der Waals surface area contributed by atoms with Gasteiger partial charge in [0, 0.05) is 20.2 Å². The van der Waals surface area contributed by atoms with Crippen LogP contribution in [0.5, 0.6) is 11.5 Å². The van der Waals surface area contributed by atoms with E-state index in [2.05, 4.69) is 22.5 Å². The number of nitrogens with one attached hydrogen (secondary N) is 2. The number of hydrogen-bond donors (Lipinski definition) is 2. The lowest BCUT2D eigenvalue weighted by Crippen LogP contribution is -2.42. The van der Waals surface area contributed by atoms with Gasteiger partial charge < -0.3 is 24.8 Å². The molecule has 0 aliphatic carbocycles. The van der Waals surface area contributed by atoms with Gasteiger partial charge >= 0.3 is 0 Å². The van der Waals surface area contributed by atoms with Crippen LogP contribution in [0.25, 0.3) is 0 Å². The largest absolute Gasteiger partial charge is 0.493 e. The summed E-state index contributed by atoms with van der Waals surface area (Å²) in [6.07, 6.45) is 2.23. The summed E-state index contributed by atoms with van der Waals surface area (Å²) in [5, 5.41) is 6.47. The first-order valence-electron chi connectivity index (χ1n) is 8.53. The smallest absolute Gasteiger partial charge is 0.191 e. The lowest BCUT2D eigenvalue weighted by Gasteiger charge is -2.19. The quantitative estimate of drug-likeness (QED) is 0.369. The molecule has 0 heterocycles. The Morgan fingerprint density at radius 2 is 1.92 bits per heavy atom. The average Bonchev–Trinajstić information content (AvgIpc) is 2.61. The number of para-hydroxylation sites is 2. The van der Waals surface area contributed by atoms with Crippen molar-refractivity contribution in [3.63, 3.8) is 0 Å². The third-order valence-corrected chi connectivity index (χ3v) is 3.36. The molecule has 0 saturated carbocycles. The van der Waals surface area contributed by atoms with Crippen molar-refractivity contribution in [1.29, 1.82) is 0 Å². The van der Waals surface area contributed by atoms with Crippen LogP contribution in [0.3, 0.4) is 0 Å². The molecule has 0 amide bonds. The molecule has 1 unspecified atom stereocenters. The number of guanidine groups is 1. The second-order valence-electron chi connectivity index (χ2n) is 5.43. The van der Waals surface area contributed by atoms with Gasteiger partial charge in [0.05, 0.1) is 20.3 Å². The normalized spacial score (nSPS) is 12.6. The zero-order valence-electron chi connectivity index (χ0n) is 15.3. The number of ether oxygens (including phenoxy) is 3. The number of rotatable bonds is 11. The lowest BCUT2D eigenvalue weighted by molar-refractivity contribution is 0.136. The Balaban J connectivity index is 2.27. The zero-order valence-corrected chi connectivity index (χ0v) is 15.3. The Bertz CT molecular complexity index is 480. The Hall–Kier alpha value is -1.95. The van der Waals surface area contributed by atoms with Crippen LogP contribution in [0.15, 0.2) is 29.3 Å². The first-order valence-corrected chi connectivity index (χ1v) is 8.53. The van der Waals surface area contributed by atoms with Crippen LogP contribution >= 0.6 is 0 Å². The maximum Gasteiger partial charge on any atom is 0.191 e. The van der Waals surface area contributed by atoms with Crippen LogP contribution in [0, 0.1) is 0 Å². The molecule has 0 fully saturated rings. The van der Waals surface area contributed by atoms with E-state index >= 15 is 0 Å². The highest BCUT2D eigenvalue weighted by Gasteiger charge is 2.09. The Morgan fingerprint density at radius 3 is 2.58 bits per heavy atom. The van der Waals surface area contributed by atoms with Crippen molar-refractivity contribution in [3.05, 3.63) is 24.3 Å². The topological polar surface area (TPSA) is 64.1 Å². The van der Waals surface area contributed by atoms with Crippen LogP contribution in [-0.4, -0.2) is 52.5 Å². The number of nitrogens with zero attached hydrogens (tertiary/aromatic N) is 1. The van der Waals surface area contributed by atoms with Gasteiger partial charge in [-0.15, -0.1) is 0 Å². The van der Waals surface area contributed by atoms with Crippen molar-refractivity contribution in [2.75, 3.05) is 40.5 Å². The molecule has 1 aromatic carbocycles. The molecule has 0 saturated heterocycles. The average molecular weight is 337 g/mol. The Morgan fingerprint density at radius 1 is 1.17 bits per heavy atom. The molecule has 6 nitrogen and oxygen atoms in total. The minimum Gasteiger partial charge on any atom is -0.493 e. The van der Waals surface area contributed by atoms with E-state index in [-0.39, 0.29) is 6.10 Å². The van der Waals surface area contributed by atoms with Gasteiger partial charge in [0.1, 0.15) is 6.10 Å². The Kier molecular flexibility index (Phi) is 10.4. The van der Waals surface area contributed by atoms with Crippen LogP contribution in [0.2, 0.25) is 0 Å². The van der Waals surface area contributed by atoms with E-state index in [0.717, 1.165) is 43.5 Å². The van der Waals surface area contributed by atoms with Crippen molar-refractivity contribution in [3.8, 4) is 11.5 Å². The van der Waals surface area contributed by atoms with Crippen molar-refractivity contribution in [2.24, 2.45) is 4.99 Å². The van der Waals surface area contributed by atoms with Crippen LogP contribution < -0.4 is 20.1 Å². The van der Waals surface area contributed by atoms with Gasteiger partial charge in [-0.3, -0.25) is 4.99 Å². The highest BCUT2D eigenvalue weighted by Crippen LogP contribution is 2.26. The number of benzene rings is 1. The van der Waals surface area contributed by atoms with Gasteiger partial charge in [0.15, 0.2) is 17.5 Å². The van der Waals surface area contributed by atoms with Crippen molar-refractivity contribution < 1.29 is 14.2 Å². The molecular weight excluding hydrogens is 306 g/mol. The maximum atomic E-state index is 5.91. The molecule has 6 heteroatoms. The monoisotopic (exact) mass is 337 g/mol. The molecule has 0 aliphatic rings. The molecule has 0 aliphatic heterocycles. The third-order valence-electron chi connectivity index (χ3n) is 3.36. The first-order chi connectivity index (χ1) is 11.7. The molecule has 2 N–H and O–H groups in total. The highest BCUT2D eigenvalue weighted by atomic mass is 16.5. The number of aliphatic imine (C=N–C) groups is 1. The standard InChI is InChI=1S/C18H31N3O3/c1-5-6-12-23-13-11-20-18(19-3)21-14-15(2)24-17-10-8-7-9-16(17)22-4/h7-10,15H,5-6,11-14H2,1-4H3,(H2,19,20,21). The van der Waals surface area contributed by atoms with Crippen molar-refractivity contribution >= 4 is 5.96 Å². The van der Waals surface area contributed by atoms with E-state index in [0.29, 0.717) is 13.2 Å². The van der Waals surface area contributed by atoms with Gasteiger partial charge in [0.25, 0.3) is 0 Å². The van der Waals surface area contributed by atoms with E-state index in [4.69, 9.17) is 14.2 Å². The molecule has 136 valence electrons. The summed E-state index contributed by atoms with van der Waals surface area (Å²) in [6, 6.07) is 7.63. The minimum atomic E-state index is -0.0272. The molecule has 0 bridgehead atoms. The molecule has 0 radical (unpaired) electrons. The third kappa shape index (κ3) is 8.06. The highest BCUT2D eigenvalue weighted by molar-refractivity contribution is 5.79. The van der Waals surface area contributed by atoms with E-state index in [1.54, 1.807) is 14.2 Å². The lowest BCUT2D eigenvalue weighted by atomic mass is 10.3. The van der Waals surface area contributed by atoms with Crippen LogP contribution in [-0.2, 0) is 4.74 Å². The molecule has 0 spiro atoms. The summed E-state index contributed by atoms with van der Waals surface area (Å²) in [5.41, 5.74) is 0. The molecular formula is C18H31N3O3. The van der Waals surface area contributed by atoms with Gasteiger partial charge in [-0.2, -0.15) is 0 Å². The van der Waals surface area contributed by atoms with E-state index < -0.39 is 0 Å². The summed E-state index contributed by atoms with van der Waals surface area (Å²) < 4.78 is 16.7. The summed E-state index contributed by atoms with van der Waals surface area (Å²) >= 11 is 0. The fourth-order valence-electron chi connectivity index (χ4n) is 2.03. The Labute approximate surface area is 145 Å². The van der Waals surface area contributed by atoms with E-state index in [1.807, 2.05) is 31.2 Å². The van der Waals surface area contributed by atoms with Crippen molar-refractivity contribution in [1.82, 2.24) is 10.6 Å². The molecule has 1 rings (SSSR count). The number of methoxy groups -OCH3 is 1. The molecule has 1 aromatic rings. The predicted molar refractivity (Wildman–Crippen MR) is 98.2 cm³/mol. The van der Waals surface area contributed by atoms with E-state index in [1.165, 1.54) is 0 Å². The fourth-order valence-corrected chi connectivity index (χ4v) is 2.03. The minimum absolute atomic E-state index is 0.0272. The van der Waals surface area contributed by atoms with Gasteiger partial charge in [0.2, 0.25) is 0 Å². The molecule has 1 atom stereocenters. The predicted octanol–water partition coefficient (Wildman–Crippen LogP) is 2.44. The summed E-state index contributed by atoms with van der Waals surface area (Å²) in [6.45, 7) is 7.00. The fraction of sp³-hybridized carbons (Fsp3) is 0.611. The second kappa shape index (κ2) is 12.5. The van der Waals surface area contributed by atoms with Gasteiger partial charge in [-0.1, -0.05) is 25.5 Å². The van der Waals surface area contributed by atoms with Crippen LogP contribution in [0.4, 0.5) is 0 Å². The van der Waals surface area contributed by atoms with Gasteiger partial charge in [-0.25, -0.2) is 0 Å². The number of unbranched alkanes of at least 4 members (excludes halogenated alkanes) is 1. The zero-order chi connectivity index (χ0) is 17.6. The molecule has 24 heavy (non-hydrogen) atoms. The molecule has 0 aromatic heterocycles. The van der Waals surface area contributed by atoms with Crippen LogP contribution in [0.1, 0.15) is 26.7 Å². The van der Waals surface area contributed by atoms with E-state index in [9.17, 15) is 0 Å². The second-order valence-corrected chi connectivity index (χ2v) is 5.43.